The lowest BCUT2D eigenvalue weighted by Crippen LogP contribution is -2.36. The number of nitrogens with zero attached hydrogens (tertiary/aromatic N) is 3. The maximum atomic E-state index is 13.1. The zero-order valence-electron chi connectivity index (χ0n) is 17.5. The number of carbonyl (C=O) groups is 1. The Morgan fingerprint density at radius 1 is 1.13 bits per heavy atom. The molecule has 0 aliphatic heterocycles. The smallest absolute Gasteiger partial charge is 0.229 e. The Morgan fingerprint density at radius 2 is 1.84 bits per heavy atom. The summed E-state index contributed by atoms with van der Waals surface area (Å²) in [6, 6.07) is 11.2. The van der Waals surface area contributed by atoms with Crippen molar-refractivity contribution < 1.29 is 17.6 Å². The molecule has 31 heavy (non-hydrogen) atoms. The van der Waals surface area contributed by atoms with E-state index in [0.29, 0.717) is 29.5 Å². The van der Waals surface area contributed by atoms with Gasteiger partial charge in [0.15, 0.2) is 15.0 Å². The molecule has 1 aromatic heterocycles. The van der Waals surface area contributed by atoms with Gasteiger partial charge in [0, 0.05) is 36.4 Å². The third kappa shape index (κ3) is 6.25. The molecule has 6 nitrogen and oxygen atoms in total. The van der Waals surface area contributed by atoms with Crippen LogP contribution in [0.5, 0.6) is 0 Å². The van der Waals surface area contributed by atoms with Crippen LogP contribution >= 0.6 is 23.1 Å². The normalized spacial score (nSPS) is 11.9. The van der Waals surface area contributed by atoms with Crippen LogP contribution in [0.1, 0.15) is 6.42 Å². The van der Waals surface area contributed by atoms with Gasteiger partial charge in [-0.1, -0.05) is 17.4 Å². The molecule has 0 unspecified atom stereocenters. The zero-order valence-corrected chi connectivity index (χ0v) is 20.0. The van der Waals surface area contributed by atoms with E-state index < -0.39 is 9.84 Å². The Balaban J connectivity index is 1.81. The van der Waals surface area contributed by atoms with E-state index in [0.717, 1.165) is 15.9 Å². The summed E-state index contributed by atoms with van der Waals surface area (Å²) in [6.45, 7) is 1.09. The summed E-state index contributed by atoms with van der Waals surface area (Å²) in [7, 11) is 0.414. The highest BCUT2D eigenvalue weighted by molar-refractivity contribution is 7.99. The molecule has 0 N–H and O–H groups in total. The van der Waals surface area contributed by atoms with Crippen molar-refractivity contribution in [1.82, 2.24) is 9.88 Å². The standard InChI is InChI=1S/C21H24FN3O3S3/c1-24(2)12-13-25(19(26)11-14-29-16-9-7-15(22)8-10-16)21-23-20-17(30-21)5-4-6-18(20)31(3,27)28/h4-10H,11-14H2,1-3H3. The van der Waals surface area contributed by atoms with Crippen LogP contribution in [0.4, 0.5) is 9.52 Å². The monoisotopic (exact) mass is 481 g/mol. The number of hydrogen-bond acceptors (Lipinski definition) is 7. The van der Waals surface area contributed by atoms with Gasteiger partial charge >= 0.3 is 0 Å². The summed E-state index contributed by atoms with van der Waals surface area (Å²) in [6.07, 6.45) is 1.44. The summed E-state index contributed by atoms with van der Waals surface area (Å²) < 4.78 is 38.0. The number of thioether (sulfide) groups is 1. The number of carbonyl (C=O) groups excluding carboxylic acids is 1. The fourth-order valence-electron chi connectivity index (χ4n) is 2.88. The van der Waals surface area contributed by atoms with Crippen molar-refractivity contribution in [1.29, 1.82) is 0 Å². The Hall–Kier alpha value is -2.01. The number of aromatic nitrogens is 1. The van der Waals surface area contributed by atoms with E-state index in [2.05, 4.69) is 4.98 Å². The molecule has 10 heteroatoms. The molecule has 1 amide bonds. The van der Waals surface area contributed by atoms with Crippen molar-refractivity contribution in [2.24, 2.45) is 0 Å². The molecule has 0 aliphatic carbocycles. The van der Waals surface area contributed by atoms with Gasteiger partial charge in [-0.2, -0.15) is 0 Å². The van der Waals surface area contributed by atoms with Crippen LogP contribution < -0.4 is 4.90 Å². The maximum Gasteiger partial charge on any atom is 0.229 e. The van der Waals surface area contributed by atoms with Crippen molar-refractivity contribution in [2.45, 2.75) is 16.2 Å². The number of rotatable bonds is 9. The van der Waals surface area contributed by atoms with Gasteiger partial charge in [-0.05, 0) is 50.5 Å². The van der Waals surface area contributed by atoms with Gasteiger partial charge < -0.3 is 4.90 Å². The lowest BCUT2D eigenvalue weighted by Gasteiger charge is -2.22. The second-order valence-electron chi connectivity index (χ2n) is 7.27. The van der Waals surface area contributed by atoms with Crippen molar-refractivity contribution in [3.8, 4) is 0 Å². The fraction of sp³-hybridized carbons (Fsp3) is 0.333. The molecule has 0 spiro atoms. The first-order valence-electron chi connectivity index (χ1n) is 9.58. The van der Waals surface area contributed by atoms with Crippen LogP contribution in [-0.4, -0.2) is 63.4 Å². The molecule has 1 heterocycles. The lowest BCUT2D eigenvalue weighted by atomic mass is 10.3. The Bertz CT molecular complexity index is 1160. The highest BCUT2D eigenvalue weighted by atomic mass is 32.2. The maximum absolute atomic E-state index is 13.1. The van der Waals surface area contributed by atoms with E-state index in [-0.39, 0.29) is 23.0 Å². The minimum atomic E-state index is -3.43. The van der Waals surface area contributed by atoms with Crippen LogP contribution in [-0.2, 0) is 14.6 Å². The lowest BCUT2D eigenvalue weighted by molar-refractivity contribution is -0.118. The van der Waals surface area contributed by atoms with Crippen LogP contribution in [0.3, 0.4) is 0 Å². The van der Waals surface area contributed by atoms with Gasteiger partial charge in [0.2, 0.25) is 5.91 Å². The molecule has 0 fully saturated rings. The number of para-hydroxylation sites is 1. The quantitative estimate of drug-likeness (QED) is 0.432. The number of thiazole rings is 1. The molecule has 2 aromatic carbocycles. The van der Waals surface area contributed by atoms with Gasteiger partial charge in [-0.15, -0.1) is 11.8 Å². The molecule has 166 valence electrons. The van der Waals surface area contributed by atoms with Gasteiger partial charge in [-0.25, -0.2) is 17.8 Å². The molecule has 0 saturated carbocycles. The van der Waals surface area contributed by atoms with Crippen molar-refractivity contribution in [3.05, 3.63) is 48.3 Å². The zero-order chi connectivity index (χ0) is 22.6. The summed E-state index contributed by atoms with van der Waals surface area (Å²) >= 11 is 2.79. The number of likely N-dealkylation sites (N-methyl/N-ethyl adjacent to an activating group) is 1. The van der Waals surface area contributed by atoms with Crippen molar-refractivity contribution in [3.63, 3.8) is 0 Å². The van der Waals surface area contributed by atoms with E-state index in [9.17, 15) is 17.6 Å². The molecular formula is C21H24FN3O3S3. The Labute approximate surface area is 190 Å². The summed E-state index contributed by atoms with van der Waals surface area (Å²) in [4.78, 5) is 22.2. The number of sulfone groups is 1. The molecule has 3 rings (SSSR count). The molecular weight excluding hydrogens is 457 g/mol. The van der Waals surface area contributed by atoms with Gasteiger partial charge in [0.1, 0.15) is 11.3 Å². The predicted molar refractivity (Wildman–Crippen MR) is 125 cm³/mol. The minimum Gasteiger partial charge on any atom is -0.308 e. The molecule has 0 aliphatic rings. The van der Waals surface area contributed by atoms with E-state index in [4.69, 9.17) is 0 Å². The van der Waals surface area contributed by atoms with E-state index >= 15 is 0 Å². The van der Waals surface area contributed by atoms with Crippen LogP contribution in [0, 0.1) is 5.82 Å². The average molecular weight is 482 g/mol. The third-order valence-corrected chi connectivity index (χ3v) is 7.66. The number of benzene rings is 2. The second kappa shape index (κ2) is 10.1. The number of fused-ring (bicyclic) bond motifs is 1. The predicted octanol–water partition coefficient (Wildman–Crippen LogP) is 3.92. The topological polar surface area (TPSA) is 70.6 Å². The van der Waals surface area contributed by atoms with Crippen molar-refractivity contribution in [2.75, 3.05) is 44.1 Å². The molecule has 3 aromatic rings. The van der Waals surface area contributed by atoms with E-state index in [1.807, 2.05) is 25.1 Å². The molecule has 0 saturated heterocycles. The molecule has 0 atom stereocenters. The van der Waals surface area contributed by atoms with Crippen molar-refractivity contribution >= 4 is 54.2 Å². The van der Waals surface area contributed by atoms with Gasteiger partial charge in [0.25, 0.3) is 0 Å². The van der Waals surface area contributed by atoms with Crippen LogP contribution in [0.25, 0.3) is 10.2 Å². The first kappa shape index (κ1) is 23.6. The third-order valence-electron chi connectivity index (χ3n) is 4.47. The SMILES string of the molecule is CN(C)CCN(C(=O)CCSc1ccc(F)cc1)c1nc2c(S(C)(=O)=O)cccc2s1. The average Bonchev–Trinajstić information content (AvgIpc) is 3.12. The second-order valence-corrected chi connectivity index (χ2v) is 11.4. The van der Waals surface area contributed by atoms with E-state index in [1.165, 1.54) is 41.3 Å². The number of amides is 1. The first-order chi connectivity index (χ1) is 14.6. The van der Waals surface area contributed by atoms with Gasteiger partial charge in [-0.3, -0.25) is 9.69 Å². The fourth-order valence-corrected chi connectivity index (χ4v) is 5.65. The molecule has 0 bridgehead atoms. The molecule has 0 radical (unpaired) electrons. The van der Waals surface area contributed by atoms with Crippen LogP contribution in [0.2, 0.25) is 0 Å². The Morgan fingerprint density at radius 3 is 2.48 bits per heavy atom. The Kier molecular flexibility index (Phi) is 7.68. The highest BCUT2D eigenvalue weighted by Crippen LogP contribution is 2.33. The largest absolute Gasteiger partial charge is 0.308 e. The van der Waals surface area contributed by atoms with Gasteiger partial charge in [0.05, 0.1) is 9.60 Å². The summed E-state index contributed by atoms with van der Waals surface area (Å²) in [5.74, 6) is 0.165. The number of halogens is 1. The summed E-state index contributed by atoms with van der Waals surface area (Å²) in [5.41, 5.74) is 0.397. The summed E-state index contributed by atoms with van der Waals surface area (Å²) in [5, 5.41) is 0.490. The minimum absolute atomic E-state index is 0.0866. The van der Waals surface area contributed by atoms with Crippen LogP contribution in [0.15, 0.2) is 52.3 Å². The highest BCUT2D eigenvalue weighted by Gasteiger charge is 2.22. The number of hydrogen-bond donors (Lipinski definition) is 0. The van der Waals surface area contributed by atoms with E-state index in [1.54, 1.807) is 23.1 Å². The first-order valence-corrected chi connectivity index (χ1v) is 13.3. The number of anilines is 1.